The largest absolute Gasteiger partial charge is 0.480 e. The summed E-state index contributed by atoms with van der Waals surface area (Å²) in [5, 5.41) is 12.4. The summed E-state index contributed by atoms with van der Waals surface area (Å²) in [6.07, 6.45) is 0. The fraction of sp³-hybridized carbons (Fsp3) is 0.400. The van der Waals surface area contributed by atoms with Gasteiger partial charge in [-0.2, -0.15) is 8.78 Å². The molecule has 1 rings (SSSR count). The van der Waals surface area contributed by atoms with Crippen LogP contribution in [0.15, 0.2) is 11.4 Å². The number of halogens is 2. The number of methoxy groups -OCH3 is 1. The summed E-state index contributed by atoms with van der Waals surface area (Å²) < 4.78 is 33.0. The molecule has 0 fully saturated rings. The highest BCUT2D eigenvalue weighted by Gasteiger charge is 2.24. The second-order valence-electron chi connectivity index (χ2n) is 3.31. The standard InChI is InChI=1S/C10H11F2NO5S/c1-17-4-5(9(15)16)13-8(14)7-6(2-3-19-7)18-10(11)12/h2-3,5,10H,4H2,1H3,(H,13,14)(H,15,16). The summed E-state index contributed by atoms with van der Waals surface area (Å²) in [5.41, 5.74) is 0. The van der Waals surface area contributed by atoms with Gasteiger partial charge in [-0.05, 0) is 11.4 Å². The van der Waals surface area contributed by atoms with Crippen LogP contribution in [0.4, 0.5) is 8.78 Å². The molecule has 6 nitrogen and oxygen atoms in total. The second-order valence-corrected chi connectivity index (χ2v) is 4.23. The van der Waals surface area contributed by atoms with Gasteiger partial charge in [0.15, 0.2) is 6.04 Å². The molecule has 0 aliphatic rings. The van der Waals surface area contributed by atoms with Crippen LogP contribution in [-0.2, 0) is 9.53 Å². The Balaban J connectivity index is 2.77. The van der Waals surface area contributed by atoms with E-state index in [1.54, 1.807) is 0 Å². The average molecular weight is 295 g/mol. The van der Waals surface area contributed by atoms with E-state index < -0.39 is 24.5 Å². The van der Waals surface area contributed by atoms with E-state index >= 15 is 0 Å². The third kappa shape index (κ3) is 4.45. The van der Waals surface area contributed by atoms with E-state index in [-0.39, 0.29) is 17.2 Å². The van der Waals surface area contributed by atoms with E-state index in [1.165, 1.54) is 18.6 Å². The van der Waals surface area contributed by atoms with Crippen molar-refractivity contribution in [2.24, 2.45) is 0 Å². The summed E-state index contributed by atoms with van der Waals surface area (Å²) >= 11 is 0.867. The number of hydrogen-bond donors (Lipinski definition) is 2. The normalized spacial score (nSPS) is 12.2. The van der Waals surface area contributed by atoms with Gasteiger partial charge in [-0.15, -0.1) is 11.3 Å². The van der Waals surface area contributed by atoms with Gasteiger partial charge in [0, 0.05) is 7.11 Å². The van der Waals surface area contributed by atoms with Gasteiger partial charge in [-0.25, -0.2) is 4.79 Å². The molecule has 19 heavy (non-hydrogen) atoms. The Labute approximate surface area is 110 Å². The van der Waals surface area contributed by atoms with E-state index in [1.807, 2.05) is 0 Å². The van der Waals surface area contributed by atoms with Crippen LogP contribution in [0.3, 0.4) is 0 Å². The zero-order chi connectivity index (χ0) is 14.4. The van der Waals surface area contributed by atoms with Gasteiger partial charge in [0.05, 0.1) is 6.61 Å². The van der Waals surface area contributed by atoms with Crippen molar-refractivity contribution in [3.8, 4) is 5.75 Å². The zero-order valence-electron chi connectivity index (χ0n) is 9.76. The molecular formula is C10H11F2NO5S. The summed E-state index contributed by atoms with van der Waals surface area (Å²) in [5.74, 6) is -2.39. The minimum Gasteiger partial charge on any atom is -0.480 e. The lowest BCUT2D eigenvalue weighted by atomic mass is 10.3. The number of nitrogens with one attached hydrogen (secondary N) is 1. The van der Waals surface area contributed by atoms with Crippen LogP contribution < -0.4 is 10.1 Å². The number of alkyl halides is 2. The molecule has 0 radical (unpaired) electrons. The smallest absolute Gasteiger partial charge is 0.387 e. The topological polar surface area (TPSA) is 84.9 Å². The quantitative estimate of drug-likeness (QED) is 0.789. The van der Waals surface area contributed by atoms with Gasteiger partial charge >= 0.3 is 12.6 Å². The Kier molecular flexibility index (Phi) is 5.64. The lowest BCUT2D eigenvalue weighted by Gasteiger charge is -2.13. The van der Waals surface area contributed by atoms with Crippen molar-refractivity contribution in [3.05, 3.63) is 16.3 Å². The molecule has 0 aliphatic carbocycles. The van der Waals surface area contributed by atoms with Crippen molar-refractivity contribution in [2.75, 3.05) is 13.7 Å². The molecule has 0 aromatic carbocycles. The molecule has 106 valence electrons. The van der Waals surface area contributed by atoms with Crippen LogP contribution in [0, 0.1) is 0 Å². The second kappa shape index (κ2) is 7.00. The molecule has 2 N–H and O–H groups in total. The molecular weight excluding hydrogens is 284 g/mol. The van der Waals surface area contributed by atoms with Crippen LogP contribution in [0.5, 0.6) is 5.75 Å². The highest BCUT2D eigenvalue weighted by atomic mass is 32.1. The minimum atomic E-state index is -3.06. The van der Waals surface area contributed by atoms with E-state index in [4.69, 9.17) is 5.11 Å². The number of ether oxygens (including phenoxy) is 2. The van der Waals surface area contributed by atoms with E-state index in [0.717, 1.165) is 11.3 Å². The number of amides is 1. The van der Waals surface area contributed by atoms with Gasteiger partial charge in [0.2, 0.25) is 0 Å². The Hall–Kier alpha value is -1.74. The Morgan fingerprint density at radius 2 is 2.21 bits per heavy atom. The van der Waals surface area contributed by atoms with Gasteiger partial charge in [-0.3, -0.25) is 4.79 Å². The molecule has 0 saturated heterocycles. The fourth-order valence-corrected chi connectivity index (χ4v) is 1.94. The third-order valence-corrected chi connectivity index (χ3v) is 2.88. The van der Waals surface area contributed by atoms with Gasteiger partial charge < -0.3 is 19.9 Å². The molecule has 9 heteroatoms. The summed E-state index contributed by atoms with van der Waals surface area (Å²) in [4.78, 5) is 22.4. The maximum atomic E-state index is 12.1. The Bertz CT molecular complexity index is 451. The molecule has 1 aromatic heterocycles. The molecule has 0 spiro atoms. The highest BCUT2D eigenvalue weighted by molar-refractivity contribution is 7.12. The first-order valence-corrected chi connectivity index (χ1v) is 5.88. The van der Waals surface area contributed by atoms with Crippen molar-refractivity contribution in [1.29, 1.82) is 0 Å². The molecule has 1 atom stereocenters. The number of thiophene rings is 1. The number of hydrogen-bond acceptors (Lipinski definition) is 5. The van der Waals surface area contributed by atoms with Crippen LogP contribution in [-0.4, -0.2) is 43.4 Å². The monoisotopic (exact) mass is 295 g/mol. The van der Waals surface area contributed by atoms with Crippen LogP contribution >= 0.6 is 11.3 Å². The maximum Gasteiger partial charge on any atom is 0.387 e. The van der Waals surface area contributed by atoms with Crippen LogP contribution in [0.25, 0.3) is 0 Å². The van der Waals surface area contributed by atoms with Crippen LogP contribution in [0.2, 0.25) is 0 Å². The van der Waals surface area contributed by atoms with Crippen molar-refractivity contribution in [2.45, 2.75) is 12.7 Å². The van der Waals surface area contributed by atoms with E-state index in [2.05, 4.69) is 14.8 Å². The maximum absolute atomic E-state index is 12.1. The predicted molar refractivity (Wildman–Crippen MR) is 61.7 cm³/mol. The number of carbonyl (C=O) groups excluding carboxylic acids is 1. The molecule has 1 heterocycles. The Morgan fingerprint density at radius 3 is 2.74 bits per heavy atom. The van der Waals surface area contributed by atoms with E-state index in [9.17, 15) is 18.4 Å². The molecule has 0 saturated carbocycles. The fourth-order valence-electron chi connectivity index (χ4n) is 1.22. The van der Waals surface area contributed by atoms with Crippen molar-refractivity contribution >= 4 is 23.2 Å². The number of aliphatic carboxylic acids is 1. The molecule has 1 unspecified atom stereocenters. The van der Waals surface area contributed by atoms with Crippen molar-refractivity contribution in [3.63, 3.8) is 0 Å². The molecule has 1 aromatic rings. The number of rotatable bonds is 7. The van der Waals surface area contributed by atoms with Gasteiger partial charge in [-0.1, -0.05) is 0 Å². The zero-order valence-corrected chi connectivity index (χ0v) is 10.6. The van der Waals surface area contributed by atoms with E-state index in [0.29, 0.717) is 0 Å². The number of carboxylic acids is 1. The summed E-state index contributed by atoms with van der Waals surface area (Å²) in [6, 6.07) is -0.0586. The molecule has 0 bridgehead atoms. The minimum absolute atomic E-state index is 0.123. The first-order chi connectivity index (χ1) is 8.95. The van der Waals surface area contributed by atoms with Crippen molar-refractivity contribution in [1.82, 2.24) is 5.32 Å². The van der Waals surface area contributed by atoms with Crippen LogP contribution in [0.1, 0.15) is 9.67 Å². The van der Waals surface area contributed by atoms with Gasteiger partial charge in [0.25, 0.3) is 5.91 Å². The SMILES string of the molecule is COCC(NC(=O)c1sccc1OC(F)F)C(=O)O. The van der Waals surface area contributed by atoms with Gasteiger partial charge in [0.1, 0.15) is 10.6 Å². The average Bonchev–Trinajstić information content (AvgIpc) is 2.75. The first-order valence-electron chi connectivity index (χ1n) is 5.00. The number of carbonyl (C=O) groups is 2. The highest BCUT2D eigenvalue weighted by Crippen LogP contribution is 2.26. The first kappa shape index (κ1) is 15.3. The molecule has 0 aliphatic heterocycles. The summed E-state index contributed by atoms with van der Waals surface area (Å²) in [6.45, 7) is -3.30. The molecule has 1 amide bonds. The van der Waals surface area contributed by atoms with Crippen molar-refractivity contribution < 1.29 is 33.0 Å². The number of carboxylic acid groups (broad SMARTS) is 1. The third-order valence-electron chi connectivity index (χ3n) is 1.99. The Morgan fingerprint density at radius 1 is 1.53 bits per heavy atom. The lowest BCUT2D eigenvalue weighted by Crippen LogP contribution is -2.43. The summed E-state index contributed by atoms with van der Waals surface area (Å²) in [7, 11) is 1.28. The predicted octanol–water partition coefficient (Wildman–Crippen LogP) is 1.18. The lowest BCUT2D eigenvalue weighted by molar-refractivity contribution is -0.140.